The van der Waals surface area contributed by atoms with Gasteiger partial charge in [-0.25, -0.2) is 0 Å². The molecule has 29 heavy (non-hydrogen) atoms. The lowest BCUT2D eigenvalue weighted by atomic mass is 10.1. The Hall–Kier alpha value is -2.32. The molecule has 158 valence electrons. The van der Waals surface area contributed by atoms with Gasteiger partial charge in [-0.1, -0.05) is 6.07 Å². The van der Waals surface area contributed by atoms with Crippen molar-refractivity contribution in [2.75, 3.05) is 50.4 Å². The number of amides is 2. The van der Waals surface area contributed by atoms with Gasteiger partial charge < -0.3 is 21.1 Å². The summed E-state index contributed by atoms with van der Waals surface area (Å²) >= 11 is 0. The Morgan fingerprint density at radius 3 is 2.31 bits per heavy atom. The van der Waals surface area contributed by atoms with Crippen molar-refractivity contribution in [3.8, 4) is 0 Å². The largest absolute Gasteiger partial charge is 0.399 e. The Morgan fingerprint density at radius 2 is 1.66 bits per heavy atom. The maximum Gasteiger partial charge on any atom is 0.255 e. The number of nitrogens with zero attached hydrogens (tertiary/aromatic N) is 1. The number of halogens is 2. The van der Waals surface area contributed by atoms with Gasteiger partial charge in [0.15, 0.2) is 0 Å². The van der Waals surface area contributed by atoms with Crippen LogP contribution in [0.5, 0.6) is 0 Å². The first kappa shape index (κ1) is 24.7. The van der Waals surface area contributed by atoms with Gasteiger partial charge in [-0.2, -0.15) is 0 Å². The maximum atomic E-state index is 12.2. The number of nitrogens with two attached hydrogens (primary N) is 1. The average molecular weight is 441 g/mol. The van der Waals surface area contributed by atoms with E-state index in [4.69, 9.17) is 10.5 Å². The van der Waals surface area contributed by atoms with Gasteiger partial charge in [0.1, 0.15) is 0 Å². The summed E-state index contributed by atoms with van der Waals surface area (Å²) in [5.74, 6) is -0.373. The van der Waals surface area contributed by atoms with Crippen LogP contribution in [-0.2, 0) is 4.74 Å². The zero-order valence-electron chi connectivity index (χ0n) is 15.9. The topological polar surface area (TPSA) is 96.7 Å². The number of nitrogens with one attached hydrogen (secondary N) is 2. The van der Waals surface area contributed by atoms with Crippen molar-refractivity contribution < 1.29 is 14.3 Å². The molecule has 7 nitrogen and oxygen atoms in total. The quantitative estimate of drug-likeness (QED) is 0.599. The Balaban J connectivity index is 0.00000210. The summed E-state index contributed by atoms with van der Waals surface area (Å²) in [5.41, 5.74) is 7.89. The van der Waals surface area contributed by atoms with E-state index in [9.17, 15) is 9.59 Å². The zero-order chi connectivity index (χ0) is 19.1. The standard InChI is InChI=1S/C20H24N4O3.2ClH/c21-17-3-1-2-16(14-17)20(26)23-18-6-4-15(5-7-18)19(25)22-8-9-24-10-12-27-13-11-24;;/h1-7,14H,8-13,21H2,(H,22,25)(H,23,26);2*1H. The molecule has 2 aromatic rings. The number of hydrogen-bond donors (Lipinski definition) is 3. The minimum atomic E-state index is -0.245. The molecule has 0 spiro atoms. The van der Waals surface area contributed by atoms with Crippen molar-refractivity contribution >= 4 is 48.0 Å². The molecule has 4 N–H and O–H groups in total. The number of morpholine rings is 1. The number of hydrogen-bond acceptors (Lipinski definition) is 5. The predicted octanol–water partition coefficient (Wildman–Crippen LogP) is 2.43. The zero-order valence-corrected chi connectivity index (χ0v) is 17.6. The third-order valence-corrected chi connectivity index (χ3v) is 4.37. The molecule has 1 aliphatic heterocycles. The molecular formula is C20H26Cl2N4O3. The molecule has 0 aliphatic carbocycles. The molecule has 3 rings (SSSR count). The van der Waals surface area contributed by atoms with Gasteiger partial charge >= 0.3 is 0 Å². The minimum Gasteiger partial charge on any atom is -0.399 e. The second-order valence-electron chi connectivity index (χ2n) is 6.37. The van der Waals surface area contributed by atoms with E-state index in [0.717, 1.165) is 32.8 Å². The van der Waals surface area contributed by atoms with Crippen molar-refractivity contribution in [1.29, 1.82) is 0 Å². The van der Waals surface area contributed by atoms with Crippen molar-refractivity contribution in [1.82, 2.24) is 10.2 Å². The van der Waals surface area contributed by atoms with E-state index in [1.807, 2.05) is 0 Å². The molecule has 9 heteroatoms. The first-order valence-electron chi connectivity index (χ1n) is 8.97. The van der Waals surface area contributed by atoms with E-state index in [-0.39, 0.29) is 36.6 Å². The normalized spacial score (nSPS) is 13.5. The molecule has 0 aromatic heterocycles. The van der Waals surface area contributed by atoms with Crippen LogP contribution in [0.25, 0.3) is 0 Å². The Morgan fingerprint density at radius 1 is 0.966 bits per heavy atom. The molecule has 2 aromatic carbocycles. The van der Waals surface area contributed by atoms with Crippen molar-refractivity contribution in [3.05, 3.63) is 59.7 Å². The van der Waals surface area contributed by atoms with E-state index < -0.39 is 0 Å². The maximum absolute atomic E-state index is 12.2. The molecule has 0 saturated carbocycles. The fraction of sp³-hybridized carbons (Fsp3) is 0.300. The van der Waals surface area contributed by atoms with Gasteiger partial charge in [-0.15, -0.1) is 24.8 Å². The average Bonchev–Trinajstić information content (AvgIpc) is 2.69. The van der Waals surface area contributed by atoms with Crippen LogP contribution in [0.3, 0.4) is 0 Å². The summed E-state index contributed by atoms with van der Waals surface area (Å²) in [5, 5.41) is 5.71. The van der Waals surface area contributed by atoms with Crippen LogP contribution in [0.1, 0.15) is 20.7 Å². The molecule has 1 saturated heterocycles. The van der Waals surface area contributed by atoms with Gasteiger partial charge in [0.05, 0.1) is 13.2 Å². The van der Waals surface area contributed by atoms with Crippen LogP contribution in [0.15, 0.2) is 48.5 Å². The predicted molar refractivity (Wildman–Crippen MR) is 119 cm³/mol. The fourth-order valence-corrected chi connectivity index (χ4v) is 2.84. The first-order chi connectivity index (χ1) is 13.1. The lowest BCUT2D eigenvalue weighted by Gasteiger charge is -2.26. The number of ether oxygens (including phenoxy) is 1. The summed E-state index contributed by atoms with van der Waals surface area (Å²) in [6.45, 7) is 4.69. The van der Waals surface area contributed by atoms with Crippen molar-refractivity contribution in [2.24, 2.45) is 0 Å². The highest BCUT2D eigenvalue weighted by molar-refractivity contribution is 6.05. The van der Waals surface area contributed by atoms with E-state index >= 15 is 0 Å². The van der Waals surface area contributed by atoms with Gasteiger partial charge in [0.2, 0.25) is 0 Å². The van der Waals surface area contributed by atoms with Gasteiger partial charge in [0.25, 0.3) is 11.8 Å². The second kappa shape index (κ2) is 12.3. The molecule has 0 bridgehead atoms. The van der Waals surface area contributed by atoms with E-state index in [1.54, 1.807) is 48.5 Å². The number of anilines is 2. The lowest BCUT2D eigenvalue weighted by molar-refractivity contribution is 0.0383. The van der Waals surface area contributed by atoms with E-state index in [2.05, 4.69) is 15.5 Å². The number of nitrogen functional groups attached to an aromatic ring is 1. The second-order valence-corrected chi connectivity index (χ2v) is 6.37. The number of carbonyl (C=O) groups excluding carboxylic acids is 2. The molecule has 2 amide bonds. The molecule has 0 atom stereocenters. The molecule has 1 fully saturated rings. The van der Waals surface area contributed by atoms with Gasteiger partial charge in [-0.05, 0) is 42.5 Å². The summed E-state index contributed by atoms with van der Waals surface area (Å²) in [7, 11) is 0. The molecule has 0 radical (unpaired) electrons. The molecule has 0 unspecified atom stereocenters. The lowest BCUT2D eigenvalue weighted by Crippen LogP contribution is -2.41. The van der Waals surface area contributed by atoms with Crippen LogP contribution in [-0.4, -0.2) is 56.1 Å². The van der Waals surface area contributed by atoms with Crippen LogP contribution in [0, 0.1) is 0 Å². The molecule has 1 aliphatic rings. The smallest absolute Gasteiger partial charge is 0.255 e. The summed E-state index contributed by atoms with van der Waals surface area (Å²) in [6.07, 6.45) is 0. The van der Waals surface area contributed by atoms with Crippen molar-refractivity contribution in [2.45, 2.75) is 0 Å². The highest BCUT2D eigenvalue weighted by Gasteiger charge is 2.11. The number of rotatable bonds is 6. The van der Waals surface area contributed by atoms with Crippen LogP contribution in [0.2, 0.25) is 0 Å². The van der Waals surface area contributed by atoms with E-state index in [1.165, 1.54) is 0 Å². The summed E-state index contributed by atoms with van der Waals surface area (Å²) in [6, 6.07) is 13.6. The summed E-state index contributed by atoms with van der Waals surface area (Å²) < 4.78 is 5.30. The highest BCUT2D eigenvalue weighted by atomic mass is 35.5. The van der Waals surface area contributed by atoms with Gasteiger partial charge in [-0.3, -0.25) is 14.5 Å². The third kappa shape index (κ3) is 7.55. The Bertz CT molecular complexity index is 797. The van der Waals surface area contributed by atoms with Crippen LogP contribution in [0.4, 0.5) is 11.4 Å². The Labute approximate surface area is 182 Å². The van der Waals surface area contributed by atoms with Crippen LogP contribution >= 0.6 is 24.8 Å². The third-order valence-electron chi connectivity index (χ3n) is 4.37. The first-order valence-corrected chi connectivity index (χ1v) is 8.97. The van der Waals surface area contributed by atoms with Crippen LogP contribution < -0.4 is 16.4 Å². The fourth-order valence-electron chi connectivity index (χ4n) is 2.84. The molecular weight excluding hydrogens is 415 g/mol. The SMILES string of the molecule is Cl.Cl.Nc1cccc(C(=O)Nc2ccc(C(=O)NCCN3CCOCC3)cc2)c1. The van der Waals surface area contributed by atoms with Gasteiger partial charge in [0, 0.05) is 48.7 Å². The number of benzene rings is 2. The minimum absolute atomic E-state index is 0. The summed E-state index contributed by atoms with van der Waals surface area (Å²) in [4.78, 5) is 26.7. The molecule has 1 heterocycles. The Kier molecular flexibility index (Phi) is 10.5. The highest BCUT2D eigenvalue weighted by Crippen LogP contribution is 2.13. The van der Waals surface area contributed by atoms with Crippen molar-refractivity contribution in [3.63, 3.8) is 0 Å². The monoisotopic (exact) mass is 440 g/mol. The number of carbonyl (C=O) groups is 2. The van der Waals surface area contributed by atoms with E-state index in [0.29, 0.717) is 29.0 Å².